The summed E-state index contributed by atoms with van der Waals surface area (Å²) in [6.45, 7) is 0. The number of carbonyl (C=O) groups excluding carboxylic acids is 1. The van der Waals surface area contributed by atoms with Crippen molar-refractivity contribution in [1.29, 1.82) is 10.5 Å². The van der Waals surface area contributed by atoms with Crippen LogP contribution in [-0.2, 0) is 9.53 Å². The minimum atomic E-state index is -1.19. The number of hydrogen-bond acceptors (Lipinski definition) is 4. The van der Waals surface area contributed by atoms with Crippen LogP contribution >= 0.6 is 0 Å². The minimum absolute atomic E-state index is 0.416. The first kappa shape index (κ1) is 9.21. The van der Waals surface area contributed by atoms with Crippen molar-refractivity contribution in [2.24, 2.45) is 5.41 Å². The lowest BCUT2D eigenvalue weighted by molar-refractivity contribution is -0.142. The molecule has 0 amide bonds. The van der Waals surface area contributed by atoms with Gasteiger partial charge in [-0.25, -0.2) is 4.79 Å². The number of nitrogens with zero attached hydrogens (tertiary/aromatic N) is 2. The summed E-state index contributed by atoms with van der Waals surface area (Å²) in [5.74, 6) is -1.98. The van der Waals surface area contributed by atoms with Crippen LogP contribution in [0.2, 0.25) is 0 Å². The predicted octanol–water partition coefficient (Wildman–Crippen LogP) is 1.17. The van der Waals surface area contributed by atoms with Crippen LogP contribution in [0.4, 0.5) is 4.39 Å². The molecule has 0 unspecified atom stereocenters. The summed E-state index contributed by atoms with van der Waals surface area (Å²) in [7, 11) is 0. The summed E-state index contributed by atoms with van der Waals surface area (Å²) in [6, 6.07) is 2.93. The van der Waals surface area contributed by atoms with E-state index >= 15 is 0 Å². The van der Waals surface area contributed by atoms with E-state index in [1.807, 2.05) is 0 Å². The molecule has 0 bridgehead atoms. The second-order valence-corrected chi connectivity index (χ2v) is 2.68. The number of nitriles is 2. The van der Waals surface area contributed by atoms with Gasteiger partial charge in [-0.2, -0.15) is 14.9 Å². The fourth-order valence-electron chi connectivity index (χ4n) is 0.731. The molecule has 1 saturated carbocycles. The monoisotopic (exact) mass is 180 g/mol. The highest BCUT2D eigenvalue weighted by Gasteiger charge is 2.52. The first-order chi connectivity index (χ1) is 6.14. The van der Waals surface area contributed by atoms with Gasteiger partial charge in [-0.3, -0.25) is 0 Å². The summed E-state index contributed by atoms with van der Waals surface area (Å²) < 4.78 is 16.4. The van der Waals surface area contributed by atoms with Crippen molar-refractivity contribution in [3.8, 4) is 12.1 Å². The molecule has 1 aliphatic carbocycles. The zero-order valence-corrected chi connectivity index (χ0v) is 6.58. The molecule has 1 aliphatic rings. The normalized spacial score (nSPS) is 18.2. The summed E-state index contributed by atoms with van der Waals surface area (Å²) in [6.07, 6.45) is 1.29. The molecule has 66 valence electrons. The van der Waals surface area contributed by atoms with Gasteiger partial charge in [0.15, 0.2) is 5.41 Å². The predicted molar refractivity (Wildman–Crippen MR) is 38.2 cm³/mol. The van der Waals surface area contributed by atoms with Gasteiger partial charge >= 0.3 is 5.97 Å². The average molecular weight is 180 g/mol. The average Bonchev–Trinajstić information content (AvgIpc) is 2.94. The maximum Gasteiger partial charge on any atom is 0.331 e. The third-order valence-electron chi connectivity index (χ3n) is 1.73. The quantitative estimate of drug-likeness (QED) is 0.363. The first-order valence-corrected chi connectivity index (χ1v) is 3.53. The van der Waals surface area contributed by atoms with Gasteiger partial charge in [-0.05, 0) is 12.8 Å². The molecule has 0 aliphatic heterocycles. The molecule has 0 heterocycles. The number of halogens is 1. The molecule has 0 aromatic rings. The molecule has 0 radical (unpaired) electrons. The van der Waals surface area contributed by atoms with Gasteiger partial charge in [0.05, 0.1) is 6.07 Å². The zero-order chi connectivity index (χ0) is 9.90. The van der Waals surface area contributed by atoms with Crippen molar-refractivity contribution in [3.05, 3.63) is 12.1 Å². The molecule has 0 aromatic heterocycles. The highest BCUT2D eigenvalue weighted by molar-refractivity contribution is 5.83. The van der Waals surface area contributed by atoms with Gasteiger partial charge in [0.1, 0.15) is 12.3 Å². The number of hydrogen-bond donors (Lipinski definition) is 0. The number of ether oxygens (including phenoxy) is 1. The van der Waals surface area contributed by atoms with Crippen LogP contribution in [0.3, 0.4) is 0 Å². The molecular weight excluding hydrogens is 175 g/mol. The Morgan fingerprint density at radius 2 is 2.15 bits per heavy atom. The van der Waals surface area contributed by atoms with Crippen LogP contribution in [0.15, 0.2) is 12.1 Å². The van der Waals surface area contributed by atoms with Crippen molar-refractivity contribution in [2.45, 2.75) is 12.8 Å². The molecule has 5 heteroatoms. The Morgan fingerprint density at radius 3 is 2.54 bits per heavy atom. The summed E-state index contributed by atoms with van der Waals surface area (Å²) in [5, 5.41) is 16.5. The van der Waals surface area contributed by atoms with Crippen LogP contribution in [0, 0.1) is 28.1 Å². The van der Waals surface area contributed by atoms with Crippen LogP contribution in [0.1, 0.15) is 12.8 Å². The van der Waals surface area contributed by atoms with Crippen LogP contribution in [0.5, 0.6) is 0 Å². The Bertz CT molecular complexity index is 344. The second-order valence-electron chi connectivity index (χ2n) is 2.68. The van der Waals surface area contributed by atoms with Crippen molar-refractivity contribution in [1.82, 2.24) is 0 Å². The number of carbonyl (C=O) groups is 1. The van der Waals surface area contributed by atoms with E-state index in [1.54, 1.807) is 6.07 Å². The molecule has 0 saturated heterocycles. The number of allylic oxidation sites excluding steroid dienone is 1. The van der Waals surface area contributed by atoms with E-state index < -0.39 is 17.2 Å². The first-order valence-electron chi connectivity index (χ1n) is 3.53. The Balaban J connectivity index is 2.54. The van der Waals surface area contributed by atoms with Gasteiger partial charge in [-0.15, -0.1) is 0 Å². The third-order valence-corrected chi connectivity index (χ3v) is 1.73. The molecule has 0 spiro atoms. The molecular formula is C8H5FN2O2. The summed E-state index contributed by atoms with van der Waals surface area (Å²) in [5.41, 5.74) is -1.09. The fraction of sp³-hybridized carbons (Fsp3) is 0.375. The van der Waals surface area contributed by atoms with E-state index in [2.05, 4.69) is 4.74 Å². The van der Waals surface area contributed by atoms with Gasteiger partial charge in [0.2, 0.25) is 5.83 Å². The summed E-state index contributed by atoms with van der Waals surface area (Å²) in [4.78, 5) is 11.0. The largest absolute Gasteiger partial charge is 0.429 e. The molecule has 0 N–H and O–H groups in total. The Hall–Kier alpha value is -1.88. The Kier molecular flexibility index (Phi) is 2.29. The molecule has 4 nitrogen and oxygen atoms in total. The van der Waals surface area contributed by atoms with E-state index in [0.717, 1.165) is 6.07 Å². The maximum absolute atomic E-state index is 12.1. The molecule has 1 fully saturated rings. The number of rotatable bonds is 2. The summed E-state index contributed by atoms with van der Waals surface area (Å²) >= 11 is 0. The van der Waals surface area contributed by atoms with Crippen LogP contribution in [-0.4, -0.2) is 5.97 Å². The van der Waals surface area contributed by atoms with Crippen molar-refractivity contribution in [2.75, 3.05) is 0 Å². The maximum atomic E-state index is 12.1. The lowest BCUT2D eigenvalue weighted by Gasteiger charge is -2.00. The number of esters is 1. The van der Waals surface area contributed by atoms with E-state index in [0.29, 0.717) is 19.1 Å². The van der Waals surface area contributed by atoms with Gasteiger partial charge in [0, 0.05) is 0 Å². The van der Waals surface area contributed by atoms with E-state index in [9.17, 15) is 9.18 Å². The Labute approximate surface area is 73.8 Å². The minimum Gasteiger partial charge on any atom is -0.429 e. The third kappa shape index (κ3) is 1.83. The lowest BCUT2D eigenvalue weighted by Crippen LogP contribution is -2.14. The van der Waals surface area contributed by atoms with Gasteiger partial charge < -0.3 is 4.74 Å². The van der Waals surface area contributed by atoms with E-state index in [4.69, 9.17) is 10.5 Å². The molecule has 13 heavy (non-hydrogen) atoms. The highest BCUT2D eigenvalue weighted by atomic mass is 19.1. The SMILES string of the molecule is N#C/C(F)=C/OC(=O)C1(C#N)CC1. The fourth-order valence-corrected chi connectivity index (χ4v) is 0.731. The smallest absolute Gasteiger partial charge is 0.331 e. The van der Waals surface area contributed by atoms with Gasteiger partial charge in [0.25, 0.3) is 0 Å². The lowest BCUT2D eigenvalue weighted by atomic mass is 10.1. The topological polar surface area (TPSA) is 73.9 Å². The van der Waals surface area contributed by atoms with Crippen molar-refractivity contribution < 1.29 is 13.9 Å². The van der Waals surface area contributed by atoms with Crippen LogP contribution < -0.4 is 0 Å². The molecule has 1 rings (SSSR count). The van der Waals surface area contributed by atoms with Crippen molar-refractivity contribution in [3.63, 3.8) is 0 Å². The van der Waals surface area contributed by atoms with Crippen LogP contribution in [0.25, 0.3) is 0 Å². The van der Waals surface area contributed by atoms with Crippen molar-refractivity contribution >= 4 is 5.97 Å². The standard InChI is InChI=1S/C8H5FN2O2/c9-6(3-10)4-13-7(12)8(5-11)1-2-8/h4H,1-2H2/b6-4-. The van der Waals surface area contributed by atoms with E-state index in [1.165, 1.54) is 0 Å². The molecule has 0 aromatic carbocycles. The van der Waals surface area contributed by atoms with Gasteiger partial charge in [-0.1, -0.05) is 0 Å². The Morgan fingerprint density at radius 1 is 1.54 bits per heavy atom. The zero-order valence-electron chi connectivity index (χ0n) is 6.58. The second kappa shape index (κ2) is 3.24. The highest BCUT2D eigenvalue weighted by Crippen LogP contribution is 2.46. The molecule has 0 atom stereocenters. The van der Waals surface area contributed by atoms with E-state index in [-0.39, 0.29) is 0 Å².